The predicted octanol–water partition coefficient (Wildman–Crippen LogP) is 0.860. The van der Waals surface area contributed by atoms with Gasteiger partial charge < -0.3 is 0 Å². The molecule has 0 saturated heterocycles. The van der Waals surface area contributed by atoms with Crippen molar-refractivity contribution in [3.05, 3.63) is 12.4 Å². The molecule has 1 saturated carbocycles. The Balaban J connectivity index is 2.20. The van der Waals surface area contributed by atoms with Crippen LogP contribution in [0.1, 0.15) is 19.3 Å². The number of hydrogen-bond donors (Lipinski definition) is 1. The zero-order valence-corrected chi connectivity index (χ0v) is 10.6. The van der Waals surface area contributed by atoms with Crippen LogP contribution in [0.15, 0.2) is 17.3 Å². The van der Waals surface area contributed by atoms with E-state index < -0.39 is 15.6 Å². The van der Waals surface area contributed by atoms with Crippen molar-refractivity contribution < 1.29 is 8.42 Å². The number of aromatic nitrogens is 2. The van der Waals surface area contributed by atoms with E-state index in [2.05, 4.69) is 9.82 Å². The van der Waals surface area contributed by atoms with E-state index in [0.717, 1.165) is 19.3 Å². The standard InChI is InChI=1S/C9H14ClN3O2S/c1-13-6-8(5-11-13)16(14,15)12-9(7-10)3-2-4-9/h5-6,12H,2-4,7H2,1H3. The smallest absolute Gasteiger partial charge is 0.244 e. The van der Waals surface area contributed by atoms with Gasteiger partial charge in [-0.05, 0) is 19.3 Å². The van der Waals surface area contributed by atoms with Crippen LogP contribution in [0.5, 0.6) is 0 Å². The zero-order valence-electron chi connectivity index (χ0n) is 8.98. The molecule has 90 valence electrons. The molecule has 0 amide bonds. The van der Waals surface area contributed by atoms with Crippen molar-refractivity contribution in [3.63, 3.8) is 0 Å². The minimum absolute atomic E-state index is 0.186. The van der Waals surface area contributed by atoms with Gasteiger partial charge in [-0.2, -0.15) is 5.10 Å². The molecule has 5 nitrogen and oxygen atoms in total. The number of halogens is 1. The SMILES string of the molecule is Cn1cc(S(=O)(=O)NC2(CCl)CCC2)cn1. The Morgan fingerprint density at radius 1 is 1.62 bits per heavy atom. The van der Waals surface area contributed by atoms with Gasteiger partial charge in [0, 0.05) is 24.7 Å². The number of hydrogen-bond acceptors (Lipinski definition) is 3. The monoisotopic (exact) mass is 263 g/mol. The maximum Gasteiger partial charge on any atom is 0.244 e. The fourth-order valence-electron chi connectivity index (χ4n) is 1.75. The highest BCUT2D eigenvalue weighted by Gasteiger charge is 2.40. The third-order valence-corrected chi connectivity index (χ3v) is 4.95. The molecule has 2 rings (SSSR count). The second-order valence-corrected chi connectivity index (χ2v) is 6.17. The number of nitrogens with one attached hydrogen (secondary N) is 1. The van der Waals surface area contributed by atoms with Gasteiger partial charge in [0.2, 0.25) is 10.0 Å². The van der Waals surface area contributed by atoms with Gasteiger partial charge in [-0.3, -0.25) is 4.68 Å². The maximum absolute atomic E-state index is 12.0. The Kier molecular flexibility index (Phi) is 2.98. The van der Waals surface area contributed by atoms with Gasteiger partial charge in [0.25, 0.3) is 0 Å². The van der Waals surface area contributed by atoms with Gasteiger partial charge in [0.05, 0.1) is 6.20 Å². The molecule has 1 aromatic heterocycles. The summed E-state index contributed by atoms with van der Waals surface area (Å²) in [7, 11) is -1.81. The lowest BCUT2D eigenvalue weighted by atomic mass is 9.79. The molecule has 1 fully saturated rings. The Morgan fingerprint density at radius 3 is 2.69 bits per heavy atom. The molecule has 1 heterocycles. The van der Waals surface area contributed by atoms with Crippen molar-refractivity contribution in [2.75, 3.05) is 5.88 Å². The van der Waals surface area contributed by atoms with Gasteiger partial charge in [0.1, 0.15) is 4.90 Å². The average molecular weight is 264 g/mol. The lowest BCUT2D eigenvalue weighted by molar-refractivity contribution is 0.252. The Hall–Kier alpha value is -0.590. The van der Waals surface area contributed by atoms with E-state index in [-0.39, 0.29) is 4.90 Å². The van der Waals surface area contributed by atoms with Crippen LogP contribution < -0.4 is 4.72 Å². The van der Waals surface area contributed by atoms with Gasteiger partial charge in [-0.25, -0.2) is 13.1 Å². The van der Waals surface area contributed by atoms with Crippen LogP contribution >= 0.6 is 11.6 Å². The highest BCUT2D eigenvalue weighted by atomic mass is 35.5. The van der Waals surface area contributed by atoms with E-state index in [1.165, 1.54) is 17.1 Å². The number of aryl methyl sites for hydroxylation is 1. The predicted molar refractivity (Wildman–Crippen MR) is 60.8 cm³/mol. The summed E-state index contributed by atoms with van der Waals surface area (Å²) in [6, 6.07) is 0. The second-order valence-electron chi connectivity index (χ2n) is 4.22. The van der Waals surface area contributed by atoms with Crippen molar-refractivity contribution >= 4 is 21.6 Å². The summed E-state index contributed by atoms with van der Waals surface area (Å²) in [4.78, 5) is 0.186. The van der Waals surface area contributed by atoms with Crippen LogP contribution in [0.25, 0.3) is 0 Å². The molecule has 0 radical (unpaired) electrons. The lowest BCUT2D eigenvalue weighted by Crippen LogP contribution is -2.54. The molecule has 0 bridgehead atoms. The molecule has 0 spiro atoms. The molecule has 1 aromatic rings. The van der Waals surface area contributed by atoms with Crippen LogP contribution in [0.4, 0.5) is 0 Å². The fourth-order valence-corrected chi connectivity index (χ4v) is 3.60. The van der Waals surface area contributed by atoms with Gasteiger partial charge >= 0.3 is 0 Å². The summed E-state index contributed by atoms with van der Waals surface area (Å²) in [5.41, 5.74) is -0.448. The van der Waals surface area contributed by atoms with Crippen LogP contribution in [0.2, 0.25) is 0 Å². The number of alkyl halides is 1. The lowest BCUT2D eigenvalue weighted by Gasteiger charge is -2.40. The van der Waals surface area contributed by atoms with Crippen LogP contribution in [-0.2, 0) is 17.1 Å². The first-order chi connectivity index (χ1) is 7.47. The van der Waals surface area contributed by atoms with Crippen molar-refractivity contribution in [2.24, 2.45) is 7.05 Å². The minimum Gasteiger partial charge on any atom is -0.274 e. The van der Waals surface area contributed by atoms with Crippen molar-refractivity contribution in [1.82, 2.24) is 14.5 Å². The van der Waals surface area contributed by atoms with E-state index in [0.29, 0.717) is 5.88 Å². The van der Waals surface area contributed by atoms with Crippen LogP contribution in [-0.4, -0.2) is 29.6 Å². The molecule has 16 heavy (non-hydrogen) atoms. The van der Waals surface area contributed by atoms with E-state index in [4.69, 9.17) is 11.6 Å². The highest BCUT2D eigenvalue weighted by molar-refractivity contribution is 7.89. The normalized spacial score (nSPS) is 19.4. The summed E-state index contributed by atoms with van der Waals surface area (Å²) in [6.45, 7) is 0. The summed E-state index contributed by atoms with van der Waals surface area (Å²) in [5, 5.41) is 3.85. The first kappa shape index (κ1) is 11.9. The highest BCUT2D eigenvalue weighted by Crippen LogP contribution is 2.34. The van der Waals surface area contributed by atoms with Gasteiger partial charge in [-0.1, -0.05) is 0 Å². The third-order valence-electron chi connectivity index (χ3n) is 2.91. The molecule has 0 atom stereocenters. The third kappa shape index (κ3) is 2.09. The maximum atomic E-state index is 12.0. The van der Waals surface area contributed by atoms with E-state index in [1.807, 2.05) is 0 Å². The largest absolute Gasteiger partial charge is 0.274 e. The summed E-state index contributed by atoms with van der Waals surface area (Å²) in [5.74, 6) is 0.312. The summed E-state index contributed by atoms with van der Waals surface area (Å²) < 4.78 is 28.1. The molecule has 7 heteroatoms. The molecule has 1 N–H and O–H groups in total. The Labute approximate surface area is 99.8 Å². The number of sulfonamides is 1. The van der Waals surface area contributed by atoms with Crippen LogP contribution in [0, 0.1) is 0 Å². The number of rotatable bonds is 4. The summed E-state index contributed by atoms with van der Waals surface area (Å²) >= 11 is 5.81. The minimum atomic E-state index is -3.49. The molecule has 0 unspecified atom stereocenters. The van der Waals surface area contributed by atoms with E-state index >= 15 is 0 Å². The topological polar surface area (TPSA) is 64.0 Å². The molecular formula is C9H14ClN3O2S. The first-order valence-electron chi connectivity index (χ1n) is 5.06. The fraction of sp³-hybridized carbons (Fsp3) is 0.667. The first-order valence-corrected chi connectivity index (χ1v) is 7.08. The van der Waals surface area contributed by atoms with Crippen molar-refractivity contribution in [1.29, 1.82) is 0 Å². The number of nitrogens with zero attached hydrogens (tertiary/aromatic N) is 2. The molecule has 1 aliphatic carbocycles. The zero-order chi connectivity index (χ0) is 11.8. The van der Waals surface area contributed by atoms with Gasteiger partial charge in [0.15, 0.2) is 0 Å². The summed E-state index contributed by atoms with van der Waals surface area (Å²) in [6.07, 6.45) is 5.43. The second kappa shape index (κ2) is 4.01. The van der Waals surface area contributed by atoms with Crippen LogP contribution in [0.3, 0.4) is 0 Å². The molecule has 1 aliphatic rings. The molecule has 0 aromatic carbocycles. The molecular weight excluding hydrogens is 250 g/mol. The van der Waals surface area contributed by atoms with E-state index in [9.17, 15) is 8.42 Å². The van der Waals surface area contributed by atoms with E-state index in [1.54, 1.807) is 7.05 Å². The van der Waals surface area contributed by atoms with Crippen molar-refractivity contribution in [3.8, 4) is 0 Å². The van der Waals surface area contributed by atoms with Gasteiger partial charge in [-0.15, -0.1) is 11.6 Å². The van der Waals surface area contributed by atoms with Crippen molar-refractivity contribution in [2.45, 2.75) is 29.7 Å². The quantitative estimate of drug-likeness (QED) is 0.820. The molecule has 0 aliphatic heterocycles. The average Bonchev–Trinajstić information content (AvgIpc) is 2.59. The Morgan fingerprint density at radius 2 is 2.31 bits per heavy atom. The Bertz CT molecular complexity index is 473.